The molecule has 2 aromatic rings. The van der Waals surface area contributed by atoms with Gasteiger partial charge in [-0.2, -0.15) is 0 Å². The van der Waals surface area contributed by atoms with Crippen LogP contribution in [-0.4, -0.2) is 31.1 Å². The third-order valence-corrected chi connectivity index (χ3v) is 4.42. The molecule has 1 aliphatic heterocycles. The molecule has 23 heavy (non-hydrogen) atoms. The van der Waals surface area contributed by atoms with Gasteiger partial charge in [-0.1, -0.05) is 29.8 Å². The van der Waals surface area contributed by atoms with E-state index in [0.717, 1.165) is 35.2 Å². The summed E-state index contributed by atoms with van der Waals surface area (Å²) in [5.74, 6) is 1.70. The molecule has 0 amide bonds. The van der Waals surface area contributed by atoms with Crippen molar-refractivity contribution in [2.24, 2.45) is 0 Å². The van der Waals surface area contributed by atoms with Crippen molar-refractivity contribution >= 4 is 11.6 Å². The van der Waals surface area contributed by atoms with Gasteiger partial charge >= 0.3 is 0 Å². The summed E-state index contributed by atoms with van der Waals surface area (Å²) in [5, 5.41) is 0.731. The monoisotopic (exact) mass is 331 g/mol. The Morgan fingerprint density at radius 2 is 1.52 bits per heavy atom. The van der Waals surface area contributed by atoms with Crippen molar-refractivity contribution in [2.45, 2.75) is 19.4 Å². The summed E-state index contributed by atoms with van der Waals surface area (Å²) >= 11 is 6.12. The summed E-state index contributed by atoms with van der Waals surface area (Å²) < 4.78 is 11.6. The summed E-state index contributed by atoms with van der Waals surface area (Å²) in [6.45, 7) is 4.62. The predicted octanol–water partition coefficient (Wildman–Crippen LogP) is 4.39. The summed E-state index contributed by atoms with van der Waals surface area (Å²) in [4.78, 5) is 2.45. The van der Waals surface area contributed by atoms with Gasteiger partial charge in [0, 0.05) is 17.1 Å². The minimum atomic E-state index is 0.467. The van der Waals surface area contributed by atoms with Crippen LogP contribution >= 0.6 is 11.6 Å². The zero-order valence-electron chi connectivity index (χ0n) is 13.2. The predicted molar refractivity (Wildman–Crippen MR) is 93.4 cm³/mol. The van der Waals surface area contributed by atoms with Crippen molar-refractivity contribution in [3.05, 3.63) is 59.1 Å². The molecular weight excluding hydrogens is 310 g/mol. The van der Waals surface area contributed by atoms with Crippen molar-refractivity contribution in [1.29, 1.82) is 0 Å². The lowest BCUT2D eigenvalue weighted by atomic mass is 10.2. The van der Waals surface area contributed by atoms with Crippen molar-refractivity contribution in [1.82, 2.24) is 4.90 Å². The average Bonchev–Trinajstić information content (AvgIpc) is 3.09. The van der Waals surface area contributed by atoms with Crippen molar-refractivity contribution in [3.63, 3.8) is 0 Å². The Balaban J connectivity index is 1.44. The van der Waals surface area contributed by atoms with Crippen LogP contribution in [0.3, 0.4) is 0 Å². The molecule has 0 atom stereocenters. The summed E-state index contributed by atoms with van der Waals surface area (Å²) in [5.41, 5.74) is 0.986. The minimum absolute atomic E-state index is 0.467. The molecule has 1 aliphatic rings. The van der Waals surface area contributed by atoms with E-state index in [0.29, 0.717) is 6.61 Å². The fourth-order valence-corrected chi connectivity index (χ4v) is 2.90. The first-order valence-electron chi connectivity index (χ1n) is 8.13. The van der Waals surface area contributed by atoms with Gasteiger partial charge in [0.05, 0.1) is 0 Å². The van der Waals surface area contributed by atoms with E-state index in [9.17, 15) is 0 Å². The number of halogens is 1. The van der Waals surface area contributed by atoms with E-state index in [1.54, 1.807) is 0 Å². The maximum atomic E-state index is 6.12. The van der Waals surface area contributed by atoms with Crippen LogP contribution in [0.25, 0.3) is 0 Å². The highest BCUT2D eigenvalue weighted by molar-refractivity contribution is 6.31. The van der Waals surface area contributed by atoms with E-state index in [1.165, 1.54) is 25.9 Å². The number of benzene rings is 2. The molecule has 122 valence electrons. The second-order valence-corrected chi connectivity index (χ2v) is 6.16. The number of ether oxygens (including phenoxy) is 2. The molecule has 4 heteroatoms. The zero-order chi connectivity index (χ0) is 15.9. The smallest absolute Gasteiger partial charge is 0.120 e. The molecule has 0 spiro atoms. The van der Waals surface area contributed by atoms with Gasteiger partial charge in [-0.3, -0.25) is 4.90 Å². The zero-order valence-corrected chi connectivity index (χ0v) is 14.0. The van der Waals surface area contributed by atoms with Gasteiger partial charge in [0.2, 0.25) is 0 Å². The number of hydrogen-bond donors (Lipinski definition) is 0. The third-order valence-electron chi connectivity index (χ3n) is 4.05. The molecule has 0 radical (unpaired) electrons. The van der Waals surface area contributed by atoms with Gasteiger partial charge in [-0.25, -0.2) is 0 Å². The number of likely N-dealkylation sites (tertiary alicyclic amines) is 1. The van der Waals surface area contributed by atoms with Gasteiger partial charge in [0.25, 0.3) is 0 Å². The molecule has 0 aromatic heterocycles. The molecule has 1 heterocycles. The second-order valence-electron chi connectivity index (χ2n) is 5.75. The quantitative estimate of drug-likeness (QED) is 0.751. The Bertz CT molecular complexity index is 609. The summed E-state index contributed by atoms with van der Waals surface area (Å²) in [6, 6.07) is 15.5. The molecule has 0 bridgehead atoms. The van der Waals surface area contributed by atoms with E-state index in [4.69, 9.17) is 21.1 Å². The lowest BCUT2D eigenvalue weighted by Crippen LogP contribution is -2.25. The van der Waals surface area contributed by atoms with E-state index >= 15 is 0 Å². The Morgan fingerprint density at radius 3 is 2.22 bits per heavy atom. The van der Waals surface area contributed by atoms with E-state index in [-0.39, 0.29) is 0 Å². The van der Waals surface area contributed by atoms with Crippen LogP contribution in [0.2, 0.25) is 5.02 Å². The molecule has 2 aromatic carbocycles. The Hall–Kier alpha value is -1.71. The molecule has 1 saturated heterocycles. The second kappa shape index (κ2) is 8.23. The van der Waals surface area contributed by atoms with Crippen LogP contribution in [0.4, 0.5) is 0 Å². The first-order chi connectivity index (χ1) is 11.3. The fourth-order valence-electron chi connectivity index (χ4n) is 2.71. The highest BCUT2D eigenvalue weighted by Crippen LogP contribution is 2.21. The van der Waals surface area contributed by atoms with Crippen molar-refractivity contribution < 1.29 is 9.47 Å². The topological polar surface area (TPSA) is 21.7 Å². The molecular formula is C19H22ClNO2. The normalized spacial score (nSPS) is 14.8. The molecule has 1 fully saturated rings. The number of rotatable bonds is 7. The standard InChI is InChI=1S/C19H22ClNO2/c20-19-6-2-1-5-16(19)15-23-18-9-7-17(8-10-18)22-14-13-21-11-3-4-12-21/h1-2,5-10H,3-4,11-15H2. The first kappa shape index (κ1) is 16.2. The Kier molecular flexibility index (Phi) is 5.78. The first-order valence-corrected chi connectivity index (χ1v) is 8.50. The van der Waals surface area contributed by atoms with Crippen LogP contribution < -0.4 is 9.47 Å². The van der Waals surface area contributed by atoms with Gasteiger partial charge in [-0.05, 0) is 56.3 Å². The van der Waals surface area contributed by atoms with Crippen molar-refractivity contribution in [2.75, 3.05) is 26.2 Å². The van der Waals surface area contributed by atoms with Gasteiger partial charge < -0.3 is 9.47 Å². The largest absolute Gasteiger partial charge is 0.492 e. The van der Waals surface area contributed by atoms with Crippen LogP contribution in [0.1, 0.15) is 18.4 Å². The van der Waals surface area contributed by atoms with Crippen LogP contribution in [0, 0.1) is 0 Å². The molecule has 0 N–H and O–H groups in total. The third kappa shape index (κ3) is 4.88. The fraction of sp³-hybridized carbons (Fsp3) is 0.368. The highest BCUT2D eigenvalue weighted by atomic mass is 35.5. The van der Waals surface area contributed by atoms with Gasteiger partial charge in [0.1, 0.15) is 24.7 Å². The average molecular weight is 332 g/mol. The van der Waals surface area contributed by atoms with Crippen LogP contribution in [-0.2, 0) is 6.61 Å². The Morgan fingerprint density at radius 1 is 0.870 bits per heavy atom. The molecule has 0 aliphatic carbocycles. The van der Waals surface area contributed by atoms with Crippen LogP contribution in [0.5, 0.6) is 11.5 Å². The van der Waals surface area contributed by atoms with E-state index in [1.807, 2.05) is 48.5 Å². The number of hydrogen-bond acceptors (Lipinski definition) is 3. The van der Waals surface area contributed by atoms with Crippen molar-refractivity contribution in [3.8, 4) is 11.5 Å². The minimum Gasteiger partial charge on any atom is -0.492 e. The van der Waals surface area contributed by atoms with E-state index in [2.05, 4.69) is 4.90 Å². The lowest BCUT2D eigenvalue weighted by molar-refractivity contribution is 0.237. The maximum absolute atomic E-state index is 6.12. The maximum Gasteiger partial charge on any atom is 0.120 e. The number of nitrogens with zero attached hydrogens (tertiary/aromatic N) is 1. The van der Waals surface area contributed by atoms with Gasteiger partial charge in [0.15, 0.2) is 0 Å². The highest BCUT2D eigenvalue weighted by Gasteiger charge is 2.10. The summed E-state index contributed by atoms with van der Waals surface area (Å²) in [7, 11) is 0. The van der Waals surface area contributed by atoms with Crippen LogP contribution in [0.15, 0.2) is 48.5 Å². The molecule has 3 nitrogen and oxygen atoms in total. The summed E-state index contributed by atoms with van der Waals surface area (Å²) in [6.07, 6.45) is 2.63. The molecule has 0 saturated carbocycles. The molecule has 0 unspecified atom stereocenters. The van der Waals surface area contributed by atoms with Gasteiger partial charge in [-0.15, -0.1) is 0 Å². The Labute approximate surface area is 142 Å². The lowest BCUT2D eigenvalue weighted by Gasteiger charge is -2.15. The SMILES string of the molecule is Clc1ccccc1COc1ccc(OCCN2CCCC2)cc1. The molecule has 3 rings (SSSR count). The van der Waals surface area contributed by atoms with E-state index < -0.39 is 0 Å².